The second-order valence-corrected chi connectivity index (χ2v) is 5.63. The zero-order valence-corrected chi connectivity index (χ0v) is 14.2. The minimum Gasteiger partial charge on any atom is -0.493 e. The highest BCUT2D eigenvalue weighted by molar-refractivity contribution is 5.97. The van der Waals surface area contributed by atoms with E-state index in [1.807, 2.05) is 24.3 Å². The number of carbonyl (C=O) groups excluding carboxylic acids is 2. The molecule has 1 amide bonds. The Bertz CT molecular complexity index is 626. The normalized spacial score (nSPS) is 16.0. The van der Waals surface area contributed by atoms with Crippen LogP contribution in [0, 0.1) is 0 Å². The monoisotopic (exact) mass is 333 g/mol. The molecule has 0 aromatic heterocycles. The lowest BCUT2D eigenvalue weighted by Gasteiger charge is -2.19. The van der Waals surface area contributed by atoms with Gasteiger partial charge in [-0.3, -0.25) is 4.79 Å². The van der Waals surface area contributed by atoms with Crippen LogP contribution in [0.5, 0.6) is 0 Å². The van der Waals surface area contributed by atoms with Crippen molar-refractivity contribution in [2.24, 2.45) is 0 Å². The number of esters is 1. The molecule has 1 aromatic carbocycles. The van der Waals surface area contributed by atoms with Crippen LogP contribution in [0.1, 0.15) is 38.7 Å². The van der Waals surface area contributed by atoms with Gasteiger partial charge in [0.25, 0.3) is 5.91 Å². The molecule has 6 heteroatoms. The number of benzene rings is 1. The van der Waals surface area contributed by atoms with Gasteiger partial charge in [-0.15, -0.1) is 0 Å². The van der Waals surface area contributed by atoms with Gasteiger partial charge in [-0.05, 0) is 30.9 Å². The number of para-hydroxylation sites is 1. The topological polar surface area (TPSA) is 73.9 Å². The van der Waals surface area contributed by atoms with Gasteiger partial charge in [0.1, 0.15) is 19.5 Å². The average molecular weight is 333 g/mol. The van der Waals surface area contributed by atoms with Crippen LogP contribution in [0.15, 0.2) is 36.3 Å². The quantitative estimate of drug-likeness (QED) is 0.810. The number of amides is 1. The maximum atomic E-state index is 12.3. The molecule has 0 radical (unpaired) electrons. The van der Waals surface area contributed by atoms with Crippen molar-refractivity contribution in [2.45, 2.75) is 39.2 Å². The van der Waals surface area contributed by atoms with Crippen LogP contribution in [-0.4, -0.2) is 31.2 Å². The first kappa shape index (κ1) is 17.8. The van der Waals surface area contributed by atoms with Gasteiger partial charge in [0, 0.05) is 5.69 Å². The summed E-state index contributed by atoms with van der Waals surface area (Å²) in [4.78, 5) is 24.2. The second kappa shape index (κ2) is 8.38. The summed E-state index contributed by atoms with van der Waals surface area (Å²) in [6.45, 7) is 6.38. The van der Waals surface area contributed by atoms with E-state index in [4.69, 9.17) is 14.2 Å². The van der Waals surface area contributed by atoms with Crippen molar-refractivity contribution in [3.63, 3.8) is 0 Å². The molecule has 2 rings (SSSR count). The van der Waals surface area contributed by atoms with Crippen LogP contribution in [0.3, 0.4) is 0 Å². The molecule has 1 aromatic rings. The molecule has 6 nitrogen and oxygen atoms in total. The lowest BCUT2D eigenvalue weighted by atomic mass is 9.97. The summed E-state index contributed by atoms with van der Waals surface area (Å²) >= 11 is 0. The largest absolute Gasteiger partial charge is 0.493 e. The maximum Gasteiger partial charge on any atom is 0.377 e. The predicted octanol–water partition coefficient (Wildman–Crippen LogP) is 2.96. The first-order valence-electron chi connectivity index (χ1n) is 8.08. The molecule has 0 spiro atoms. The first-order valence-corrected chi connectivity index (χ1v) is 8.08. The minimum atomic E-state index is -0.950. The van der Waals surface area contributed by atoms with Crippen molar-refractivity contribution in [1.82, 2.24) is 0 Å². The Kier molecular flexibility index (Phi) is 6.23. The molecule has 0 unspecified atom stereocenters. The smallest absolute Gasteiger partial charge is 0.377 e. The summed E-state index contributed by atoms with van der Waals surface area (Å²) in [6, 6.07) is 7.62. The van der Waals surface area contributed by atoms with E-state index in [1.54, 1.807) is 0 Å². The molecule has 1 aliphatic rings. The van der Waals surface area contributed by atoms with Crippen molar-refractivity contribution in [1.29, 1.82) is 0 Å². The summed E-state index contributed by atoms with van der Waals surface area (Å²) in [5.41, 5.74) is 1.79. The molecular formula is C18H23NO5. The molecule has 24 heavy (non-hydrogen) atoms. The van der Waals surface area contributed by atoms with E-state index in [1.165, 1.54) is 13.2 Å². The Hall–Kier alpha value is -2.50. The molecule has 0 fully saturated rings. The van der Waals surface area contributed by atoms with Gasteiger partial charge in [-0.2, -0.15) is 0 Å². The third-order valence-corrected chi connectivity index (χ3v) is 3.87. The van der Waals surface area contributed by atoms with E-state index in [-0.39, 0.29) is 12.4 Å². The van der Waals surface area contributed by atoms with E-state index >= 15 is 0 Å². The van der Waals surface area contributed by atoms with Gasteiger partial charge < -0.3 is 19.5 Å². The summed E-state index contributed by atoms with van der Waals surface area (Å²) in [5.74, 6) is -0.817. The lowest BCUT2D eigenvalue weighted by molar-refractivity contribution is -0.153. The number of carbonyl (C=O) groups is 2. The van der Waals surface area contributed by atoms with Gasteiger partial charge in [0.05, 0.1) is 0 Å². The average Bonchev–Trinajstić information content (AvgIpc) is 2.62. The fourth-order valence-corrected chi connectivity index (χ4v) is 2.24. The van der Waals surface area contributed by atoms with Crippen LogP contribution in [0.25, 0.3) is 0 Å². The highest BCUT2D eigenvalue weighted by atomic mass is 16.6. The van der Waals surface area contributed by atoms with E-state index in [9.17, 15) is 9.59 Å². The van der Waals surface area contributed by atoms with Crippen molar-refractivity contribution in [3.05, 3.63) is 41.9 Å². The van der Waals surface area contributed by atoms with Gasteiger partial charge in [-0.1, -0.05) is 32.0 Å². The fraction of sp³-hybridized carbons (Fsp3) is 0.444. The van der Waals surface area contributed by atoms with Gasteiger partial charge >= 0.3 is 5.97 Å². The number of ether oxygens (including phenoxy) is 3. The molecule has 1 aliphatic heterocycles. The van der Waals surface area contributed by atoms with Crippen LogP contribution in [0.2, 0.25) is 0 Å². The minimum absolute atomic E-state index is 0.0269. The molecule has 0 aliphatic carbocycles. The molecule has 1 heterocycles. The number of anilines is 1. The summed E-state index contributed by atoms with van der Waals surface area (Å²) in [6.07, 6.45) is 1.21. The van der Waals surface area contributed by atoms with Crippen LogP contribution >= 0.6 is 0 Å². The number of hydrogen-bond acceptors (Lipinski definition) is 5. The van der Waals surface area contributed by atoms with Crippen LogP contribution in [0.4, 0.5) is 5.69 Å². The van der Waals surface area contributed by atoms with Gasteiger partial charge in [0.2, 0.25) is 5.76 Å². The maximum absolute atomic E-state index is 12.3. The Labute approximate surface area is 141 Å². The Morgan fingerprint density at radius 2 is 2.00 bits per heavy atom. The summed E-state index contributed by atoms with van der Waals surface area (Å²) < 4.78 is 15.3. The van der Waals surface area contributed by atoms with E-state index < -0.39 is 18.0 Å². The molecular weight excluding hydrogens is 310 g/mol. The lowest BCUT2D eigenvalue weighted by Crippen LogP contribution is -2.31. The third kappa shape index (κ3) is 4.50. The molecule has 1 N–H and O–H groups in total. The molecule has 2 atom stereocenters. The van der Waals surface area contributed by atoms with E-state index in [0.717, 1.165) is 17.7 Å². The fourth-order valence-electron chi connectivity index (χ4n) is 2.24. The van der Waals surface area contributed by atoms with Crippen molar-refractivity contribution in [2.75, 3.05) is 18.5 Å². The first-order chi connectivity index (χ1) is 11.5. The highest BCUT2D eigenvalue weighted by Crippen LogP contribution is 2.26. The van der Waals surface area contributed by atoms with Crippen molar-refractivity contribution < 1.29 is 23.8 Å². The Morgan fingerprint density at radius 3 is 2.67 bits per heavy atom. The highest BCUT2D eigenvalue weighted by Gasteiger charge is 2.24. The molecule has 0 saturated heterocycles. The summed E-state index contributed by atoms with van der Waals surface area (Å²) in [7, 11) is 0. The van der Waals surface area contributed by atoms with Gasteiger partial charge in [0.15, 0.2) is 6.10 Å². The number of hydrogen-bond donors (Lipinski definition) is 1. The predicted molar refractivity (Wildman–Crippen MR) is 89.3 cm³/mol. The number of rotatable bonds is 6. The Morgan fingerprint density at radius 1 is 1.25 bits per heavy atom. The van der Waals surface area contributed by atoms with Crippen molar-refractivity contribution >= 4 is 17.6 Å². The standard InChI is InChI=1S/C18H23NO5/c1-4-12(2)14-7-5-6-8-15(14)19-17(20)13(3)24-18(21)16-11-22-9-10-23-16/h5-8,11-13H,4,9-10H2,1-3H3,(H,19,20)/t12-,13+/m1/s1. The zero-order chi connectivity index (χ0) is 17.5. The Balaban J connectivity index is 1.99. The van der Waals surface area contributed by atoms with Gasteiger partial charge in [-0.25, -0.2) is 4.79 Å². The van der Waals surface area contributed by atoms with Crippen molar-refractivity contribution in [3.8, 4) is 0 Å². The summed E-state index contributed by atoms with van der Waals surface area (Å²) in [5, 5.41) is 2.83. The molecule has 0 saturated carbocycles. The third-order valence-electron chi connectivity index (χ3n) is 3.87. The number of nitrogens with one attached hydrogen (secondary N) is 1. The molecule has 130 valence electrons. The molecule has 0 bridgehead atoms. The SMILES string of the molecule is CC[C@@H](C)c1ccccc1NC(=O)[C@H](C)OC(=O)C1=COCCO1. The van der Waals surface area contributed by atoms with E-state index in [0.29, 0.717) is 12.5 Å². The zero-order valence-electron chi connectivity index (χ0n) is 14.2. The van der Waals surface area contributed by atoms with E-state index in [2.05, 4.69) is 19.2 Å². The van der Waals surface area contributed by atoms with Crippen LogP contribution < -0.4 is 5.32 Å². The van der Waals surface area contributed by atoms with Crippen LogP contribution in [-0.2, 0) is 23.8 Å². The second-order valence-electron chi connectivity index (χ2n) is 5.63.